The molecule has 2 aromatic carbocycles. The van der Waals surface area contributed by atoms with Gasteiger partial charge in [0.15, 0.2) is 0 Å². The van der Waals surface area contributed by atoms with Crippen LogP contribution in [0.1, 0.15) is 44.5 Å². The van der Waals surface area contributed by atoms with Crippen molar-refractivity contribution < 1.29 is 0 Å². The molecule has 0 aliphatic heterocycles. The molecule has 0 spiro atoms. The van der Waals surface area contributed by atoms with E-state index in [1.165, 1.54) is 55.6 Å². The Morgan fingerprint density at radius 3 is 1.38 bits per heavy atom. The molecule has 0 aliphatic rings. The highest BCUT2D eigenvalue weighted by atomic mass is 14.6. The van der Waals surface area contributed by atoms with Gasteiger partial charge in [-0.2, -0.15) is 0 Å². The largest absolute Gasteiger partial charge is 0.398 e. The first-order valence-electron chi connectivity index (χ1n) is 7.62. The van der Waals surface area contributed by atoms with Crippen LogP contribution in [-0.2, 0) is 0 Å². The molecule has 21 heavy (non-hydrogen) atoms. The summed E-state index contributed by atoms with van der Waals surface area (Å²) in [7, 11) is 0. The number of anilines is 1. The first-order valence-corrected chi connectivity index (χ1v) is 7.62. The second-order valence-electron chi connectivity index (χ2n) is 6.41. The van der Waals surface area contributed by atoms with E-state index in [1.54, 1.807) is 0 Å². The van der Waals surface area contributed by atoms with Crippen LogP contribution in [0.4, 0.5) is 5.69 Å². The summed E-state index contributed by atoms with van der Waals surface area (Å²) < 4.78 is 0. The van der Waals surface area contributed by atoms with Gasteiger partial charge < -0.3 is 5.73 Å². The predicted molar refractivity (Wildman–Crippen MR) is 94.2 cm³/mol. The minimum atomic E-state index is 0.893. The van der Waals surface area contributed by atoms with Crippen molar-refractivity contribution in [1.82, 2.24) is 0 Å². The third kappa shape index (κ3) is 2.25. The number of benzene rings is 2. The molecule has 2 rings (SSSR count). The van der Waals surface area contributed by atoms with Crippen LogP contribution in [-0.4, -0.2) is 0 Å². The average molecular weight is 281 g/mol. The predicted octanol–water partition coefficient (Wildman–Crippen LogP) is 5.40. The number of nitrogens with two attached hydrogens (primary N) is 1. The maximum absolute atomic E-state index is 6.13. The van der Waals surface area contributed by atoms with Crippen molar-refractivity contribution in [2.24, 2.45) is 0 Å². The molecule has 0 radical (unpaired) electrons. The summed E-state index contributed by atoms with van der Waals surface area (Å²) in [5, 5.41) is 0. The minimum Gasteiger partial charge on any atom is -0.398 e. The topological polar surface area (TPSA) is 26.0 Å². The summed E-state index contributed by atoms with van der Waals surface area (Å²) in [6.07, 6.45) is 0. The Morgan fingerprint density at radius 1 is 0.524 bits per heavy atom. The SMILES string of the molecule is Cc1cc(N)c(C)c(C)c1-c1c(C)c(C)c(C)c(C)c1C. The van der Waals surface area contributed by atoms with Gasteiger partial charge in [-0.25, -0.2) is 0 Å². The van der Waals surface area contributed by atoms with E-state index in [0.717, 1.165) is 5.69 Å². The van der Waals surface area contributed by atoms with E-state index < -0.39 is 0 Å². The molecule has 0 aromatic heterocycles. The molecule has 1 heteroatoms. The van der Waals surface area contributed by atoms with Gasteiger partial charge in [0.1, 0.15) is 0 Å². The van der Waals surface area contributed by atoms with E-state index in [1.807, 2.05) is 0 Å². The summed E-state index contributed by atoms with van der Waals surface area (Å²) in [6.45, 7) is 17.7. The van der Waals surface area contributed by atoms with Crippen LogP contribution < -0.4 is 5.73 Å². The second kappa shape index (κ2) is 5.22. The molecular formula is C20H27N. The van der Waals surface area contributed by atoms with E-state index in [9.17, 15) is 0 Å². The van der Waals surface area contributed by atoms with Gasteiger partial charge in [-0.05, 0) is 117 Å². The highest BCUT2D eigenvalue weighted by molar-refractivity contribution is 5.82. The molecule has 2 N–H and O–H groups in total. The summed E-state index contributed by atoms with van der Waals surface area (Å²) in [6, 6.07) is 2.11. The van der Waals surface area contributed by atoms with Crippen LogP contribution in [0.2, 0.25) is 0 Å². The van der Waals surface area contributed by atoms with Crippen molar-refractivity contribution in [3.63, 3.8) is 0 Å². The standard InChI is InChI=1S/C20H27N/c1-10-9-18(21)14(5)17(8)19(10)20-15(6)12(3)11(2)13(4)16(20)7/h9H,21H2,1-8H3. The van der Waals surface area contributed by atoms with Crippen molar-refractivity contribution >= 4 is 5.69 Å². The molecule has 0 heterocycles. The monoisotopic (exact) mass is 281 g/mol. The van der Waals surface area contributed by atoms with Gasteiger partial charge in [-0.1, -0.05) is 0 Å². The quantitative estimate of drug-likeness (QED) is 0.695. The van der Waals surface area contributed by atoms with Gasteiger partial charge in [-0.3, -0.25) is 0 Å². The fourth-order valence-corrected chi connectivity index (χ4v) is 3.37. The van der Waals surface area contributed by atoms with Crippen LogP contribution in [0.25, 0.3) is 11.1 Å². The molecule has 0 bridgehead atoms. The van der Waals surface area contributed by atoms with Gasteiger partial charge in [0.05, 0.1) is 0 Å². The van der Waals surface area contributed by atoms with Gasteiger partial charge in [-0.15, -0.1) is 0 Å². The van der Waals surface area contributed by atoms with E-state index in [0.29, 0.717) is 0 Å². The first-order chi connectivity index (χ1) is 9.68. The first kappa shape index (κ1) is 15.6. The molecule has 2 aromatic rings. The van der Waals surface area contributed by atoms with Gasteiger partial charge in [0, 0.05) is 5.69 Å². The number of nitrogen functional groups attached to an aromatic ring is 1. The second-order valence-corrected chi connectivity index (χ2v) is 6.41. The highest BCUT2D eigenvalue weighted by Crippen LogP contribution is 2.39. The molecule has 112 valence electrons. The molecule has 0 aliphatic carbocycles. The van der Waals surface area contributed by atoms with Crippen molar-refractivity contribution in [3.8, 4) is 11.1 Å². The van der Waals surface area contributed by atoms with Crippen molar-refractivity contribution in [1.29, 1.82) is 0 Å². The molecule has 0 saturated carbocycles. The van der Waals surface area contributed by atoms with E-state index in [-0.39, 0.29) is 0 Å². The average Bonchev–Trinajstić information content (AvgIpc) is 2.44. The Kier molecular flexibility index (Phi) is 3.88. The normalized spacial score (nSPS) is 11.0. The van der Waals surface area contributed by atoms with E-state index in [2.05, 4.69) is 61.5 Å². The fraction of sp³-hybridized carbons (Fsp3) is 0.400. The van der Waals surface area contributed by atoms with Crippen LogP contribution in [0, 0.1) is 55.4 Å². The Hall–Kier alpha value is -1.76. The van der Waals surface area contributed by atoms with Crippen molar-refractivity contribution in [3.05, 3.63) is 50.6 Å². The smallest absolute Gasteiger partial charge is 0.0349 e. The van der Waals surface area contributed by atoms with Crippen molar-refractivity contribution in [2.75, 3.05) is 5.73 Å². The summed E-state index contributed by atoms with van der Waals surface area (Å²) >= 11 is 0. The summed E-state index contributed by atoms with van der Waals surface area (Å²) in [4.78, 5) is 0. The van der Waals surface area contributed by atoms with Crippen LogP contribution in [0.15, 0.2) is 6.07 Å². The van der Waals surface area contributed by atoms with Gasteiger partial charge >= 0.3 is 0 Å². The number of rotatable bonds is 1. The number of hydrogen-bond donors (Lipinski definition) is 1. The lowest BCUT2D eigenvalue weighted by Crippen LogP contribution is -2.04. The lowest BCUT2D eigenvalue weighted by molar-refractivity contribution is 1.17. The van der Waals surface area contributed by atoms with Gasteiger partial charge in [0.2, 0.25) is 0 Å². The molecule has 0 atom stereocenters. The Morgan fingerprint density at radius 2 is 0.905 bits per heavy atom. The maximum atomic E-state index is 6.13. The Labute approximate surface area is 129 Å². The fourth-order valence-electron chi connectivity index (χ4n) is 3.37. The van der Waals surface area contributed by atoms with E-state index >= 15 is 0 Å². The number of aryl methyl sites for hydroxylation is 1. The van der Waals surface area contributed by atoms with Crippen LogP contribution >= 0.6 is 0 Å². The summed E-state index contributed by atoms with van der Waals surface area (Å²) in [5.41, 5.74) is 20.6. The summed E-state index contributed by atoms with van der Waals surface area (Å²) in [5.74, 6) is 0. The van der Waals surface area contributed by atoms with E-state index in [4.69, 9.17) is 5.73 Å². The zero-order valence-corrected chi connectivity index (χ0v) is 14.7. The Bertz CT molecular complexity index is 707. The van der Waals surface area contributed by atoms with Gasteiger partial charge in [0.25, 0.3) is 0 Å². The highest BCUT2D eigenvalue weighted by Gasteiger charge is 2.18. The molecule has 0 unspecified atom stereocenters. The zero-order chi connectivity index (χ0) is 16.1. The lowest BCUT2D eigenvalue weighted by Gasteiger charge is -2.23. The van der Waals surface area contributed by atoms with Crippen LogP contribution in [0.3, 0.4) is 0 Å². The maximum Gasteiger partial charge on any atom is 0.0349 e. The molecule has 0 amide bonds. The Balaban J connectivity index is 2.96. The third-order valence-electron chi connectivity index (χ3n) is 5.39. The molecule has 0 fully saturated rings. The number of hydrogen-bond acceptors (Lipinski definition) is 1. The van der Waals surface area contributed by atoms with Crippen molar-refractivity contribution in [2.45, 2.75) is 55.4 Å². The zero-order valence-electron chi connectivity index (χ0n) is 14.7. The molecule has 0 saturated heterocycles. The minimum absolute atomic E-state index is 0.893. The third-order valence-corrected chi connectivity index (χ3v) is 5.39. The van der Waals surface area contributed by atoms with Crippen LogP contribution in [0.5, 0.6) is 0 Å². The lowest BCUT2D eigenvalue weighted by atomic mass is 9.82. The molecular weight excluding hydrogens is 254 g/mol. The molecule has 1 nitrogen and oxygen atoms in total.